The largest absolute Gasteiger partial charge is 0.308 e. The van der Waals surface area contributed by atoms with Crippen molar-refractivity contribution in [3.05, 3.63) is 94.4 Å². The summed E-state index contributed by atoms with van der Waals surface area (Å²) in [4.78, 5) is 17.3. The van der Waals surface area contributed by atoms with E-state index in [-0.39, 0.29) is 12.5 Å². The van der Waals surface area contributed by atoms with Crippen molar-refractivity contribution in [2.75, 3.05) is 5.32 Å². The average Bonchev–Trinajstić information content (AvgIpc) is 3.40. The summed E-state index contributed by atoms with van der Waals surface area (Å²) in [6.45, 7) is 2.40. The first-order valence-corrected chi connectivity index (χ1v) is 11.4. The van der Waals surface area contributed by atoms with E-state index in [0.717, 1.165) is 27.8 Å². The summed E-state index contributed by atoms with van der Waals surface area (Å²) in [5, 5.41) is 13.9. The fourth-order valence-electron chi connectivity index (χ4n) is 3.91. The third-order valence-corrected chi connectivity index (χ3v) is 6.03. The Bertz CT molecular complexity index is 1490. The van der Waals surface area contributed by atoms with Crippen LogP contribution in [-0.2, 0) is 17.9 Å². The van der Waals surface area contributed by atoms with Gasteiger partial charge in [0.2, 0.25) is 5.91 Å². The molecule has 0 aliphatic rings. The molecule has 3 heterocycles. The molecule has 0 radical (unpaired) electrons. The number of hydrogen-bond acceptors (Lipinski definition) is 4. The molecule has 5 aromatic rings. The van der Waals surface area contributed by atoms with Gasteiger partial charge in [-0.15, -0.1) is 0 Å². The first kappa shape index (κ1) is 22.1. The highest BCUT2D eigenvalue weighted by Gasteiger charge is 2.16. The Morgan fingerprint density at radius 2 is 1.85 bits per heavy atom. The van der Waals surface area contributed by atoms with E-state index < -0.39 is 0 Å². The number of aryl methyl sites for hydroxylation is 1. The molecule has 0 fully saturated rings. The molecule has 0 unspecified atom stereocenters. The number of benzene rings is 2. The molecule has 2 aromatic carbocycles. The van der Waals surface area contributed by atoms with E-state index in [9.17, 15) is 4.79 Å². The topological polar surface area (TPSA) is 77.6 Å². The van der Waals surface area contributed by atoms with E-state index in [1.54, 1.807) is 40.0 Å². The Balaban J connectivity index is 1.32. The summed E-state index contributed by atoms with van der Waals surface area (Å²) in [7, 11) is 0. The molecular weight excluding hydrogens is 471 g/mol. The van der Waals surface area contributed by atoms with Gasteiger partial charge in [-0.05, 0) is 41.8 Å². The fraction of sp³-hybridized carbons (Fsp3) is 0.120. The smallest absolute Gasteiger partial charge is 0.247 e. The molecule has 3 aromatic heterocycles. The lowest BCUT2D eigenvalue weighted by molar-refractivity contribution is -0.116. The maximum Gasteiger partial charge on any atom is 0.247 e. The van der Waals surface area contributed by atoms with Crippen LogP contribution >= 0.6 is 23.2 Å². The lowest BCUT2D eigenvalue weighted by Gasteiger charge is -2.06. The number of nitrogens with zero attached hydrogens (tertiary/aromatic N) is 5. The normalized spacial score (nSPS) is 11.1. The van der Waals surface area contributed by atoms with Gasteiger partial charge in [0.15, 0.2) is 11.5 Å². The molecular formula is C25H20Cl2N6O. The van der Waals surface area contributed by atoms with Gasteiger partial charge in [0.25, 0.3) is 0 Å². The second-order valence-electron chi connectivity index (χ2n) is 7.85. The minimum Gasteiger partial charge on any atom is -0.308 e. The van der Waals surface area contributed by atoms with Crippen molar-refractivity contribution in [2.45, 2.75) is 20.0 Å². The van der Waals surface area contributed by atoms with Gasteiger partial charge >= 0.3 is 0 Å². The molecule has 9 heteroatoms. The maximum absolute atomic E-state index is 12.8. The van der Waals surface area contributed by atoms with Crippen LogP contribution in [-0.4, -0.2) is 30.5 Å². The van der Waals surface area contributed by atoms with Crippen molar-refractivity contribution < 1.29 is 4.79 Å². The Hall–Kier alpha value is -3.68. The van der Waals surface area contributed by atoms with Crippen molar-refractivity contribution in [1.29, 1.82) is 0 Å². The SMILES string of the molecule is Cc1nn(CC(=O)Nc2ccn(Cc3ccc(Cl)cc3Cl)n2)c2nccc(-c3ccccc3)c12. The molecule has 7 nitrogen and oxygen atoms in total. The highest BCUT2D eigenvalue weighted by molar-refractivity contribution is 6.35. The molecule has 0 spiro atoms. The number of carbonyl (C=O) groups is 1. The number of fused-ring (bicyclic) bond motifs is 1. The monoisotopic (exact) mass is 490 g/mol. The number of pyridine rings is 1. The fourth-order valence-corrected chi connectivity index (χ4v) is 4.38. The third kappa shape index (κ3) is 4.53. The number of carbonyl (C=O) groups excluding carboxylic acids is 1. The third-order valence-electron chi connectivity index (χ3n) is 5.44. The summed E-state index contributed by atoms with van der Waals surface area (Å²) in [6, 6.07) is 19.1. The van der Waals surface area contributed by atoms with E-state index in [1.807, 2.05) is 49.4 Å². The molecule has 0 aliphatic heterocycles. The molecule has 1 N–H and O–H groups in total. The Kier molecular flexibility index (Phi) is 6.04. The lowest BCUT2D eigenvalue weighted by atomic mass is 10.0. The van der Waals surface area contributed by atoms with Gasteiger partial charge in [-0.25, -0.2) is 9.67 Å². The number of amides is 1. The molecule has 1 amide bonds. The van der Waals surface area contributed by atoms with Crippen LogP contribution in [0.2, 0.25) is 10.0 Å². The molecule has 34 heavy (non-hydrogen) atoms. The standard InChI is InChI=1S/C25H20Cl2N6O/c1-16-24-20(17-5-3-2-4-6-17)9-11-28-25(24)33(30-16)15-23(34)29-22-10-12-32(31-22)14-18-7-8-19(26)13-21(18)27/h2-13H,14-15H2,1H3,(H,29,31,34). The van der Waals surface area contributed by atoms with Crippen LogP contribution in [0.25, 0.3) is 22.2 Å². The highest BCUT2D eigenvalue weighted by Crippen LogP contribution is 2.29. The number of halogens is 2. The second-order valence-corrected chi connectivity index (χ2v) is 8.69. The van der Waals surface area contributed by atoms with Gasteiger partial charge in [0, 0.05) is 33.9 Å². The predicted octanol–water partition coefficient (Wildman–Crippen LogP) is 5.60. The van der Waals surface area contributed by atoms with Crippen LogP contribution in [0.1, 0.15) is 11.3 Å². The summed E-state index contributed by atoms with van der Waals surface area (Å²) < 4.78 is 3.32. The summed E-state index contributed by atoms with van der Waals surface area (Å²) in [5.74, 6) is 0.201. The van der Waals surface area contributed by atoms with Crippen molar-refractivity contribution >= 4 is 46.0 Å². The van der Waals surface area contributed by atoms with E-state index in [2.05, 4.69) is 20.5 Å². The van der Waals surface area contributed by atoms with E-state index in [0.29, 0.717) is 28.1 Å². The van der Waals surface area contributed by atoms with Crippen LogP contribution < -0.4 is 5.32 Å². The van der Waals surface area contributed by atoms with E-state index >= 15 is 0 Å². The number of aromatic nitrogens is 5. The molecule has 0 saturated heterocycles. The van der Waals surface area contributed by atoms with Gasteiger partial charge in [-0.1, -0.05) is 59.6 Å². The summed E-state index contributed by atoms with van der Waals surface area (Å²) in [5.41, 5.74) is 4.48. The molecule has 0 saturated carbocycles. The van der Waals surface area contributed by atoms with Crippen LogP contribution in [0.15, 0.2) is 73.1 Å². The van der Waals surface area contributed by atoms with Gasteiger partial charge in [0.1, 0.15) is 6.54 Å². The van der Waals surface area contributed by atoms with E-state index in [1.165, 1.54) is 0 Å². The van der Waals surface area contributed by atoms with Crippen LogP contribution in [0.4, 0.5) is 5.82 Å². The molecule has 0 atom stereocenters. The quantitative estimate of drug-likeness (QED) is 0.336. The zero-order chi connectivity index (χ0) is 23.7. The first-order chi connectivity index (χ1) is 16.5. The van der Waals surface area contributed by atoms with E-state index in [4.69, 9.17) is 23.2 Å². The zero-order valence-corrected chi connectivity index (χ0v) is 19.8. The highest BCUT2D eigenvalue weighted by atomic mass is 35.5. The molecule has 0 aliphatic carbocycles. The van der Waals surface area contributed by atoms with Crippen LogP contribution in [0, 0.1) is 6.92 Å². The van der Waals surface area contributed by atoms with Crippen molar-refractivity contribution in [2.24, 2.45) is 0 Å². The minimum atomic E-state index is -0.244. The number of hydrogen-bond donors (Lipinski definition) is 1. The maximum atomic E-state index is 12.8. The number of anilines is 1. The predicted molar refractivity (Wildman–Crippen MR) is 134 cm³/mol. The van der Waals surface area contributed by atoms with Gasteiger partial charge in [0.05, 0.1) is 12.2 Å². The van der Waals surface area contributed by atoms with Crippen molar-refractivity contribution in [3.63, 3.8) is 0 Å². The first-order valence-electron chi connectivity index (χ1n) is 10.6. The van der Waals surface area contributed by atoms with Crippen LogP contribution in [0.3, 0.4) is 0 Å². The minimum absolute atomic E-state index is 0.0193. The Morgan fingerprint density at radius 1 is 1.03 bits per heavy atom. The summed E-state index contributed by atoms with van der Waals surface area (Å²) >= 11 is 12.2. The zero-order valence-electron chi connectivity index (χ0n) is 18.2. The van der Waals surface area contributed by atoms with Crippen molar-refractivity contribution in [3.8, 4) is 11.1 Å². The molecule has 0 bridgehead atoms. The van der Waals surface area contributed by atoms with Gasteiger partial charge < -0.3 is 5.32 Å². The van der Waals surface area contributed by atoms with Crippen molar-refractivity contribution in [1.82, 2.24) is 24.5 Å². The van der Waals surface area contributed by atoms with Crippen LogP contribution in [0.5, 0.6) is 0 Å². The van der Waals surface area contributed by atoms with Gasteiger partial charge in [-0.2, -0.15) is 10.2 Å². The Labute approximate surface area is 205 Å². The Morgan fingerprint density at radius 3 is 2.65 bits per heavy atom. The summed E-state index contributed by atoms with van der Waals surface area (Å²) in [6.07, 6.45) is 3.52. The second kappa shape index (κ2) is 9.29. The lowest BCUT2D eigenvalue weighted by Crippen LogP contribution is -2.20. The van der Waals surface area contributed by atoms with Gasteiger partial charge in [-0.3, -0.25) is 9.48 Å². The molecule has 5 rings (SSSR count). The number of rotatable bonds is 6. The molecule has 170 valence electrons. The average molecular weight is 491 g/mol. The number of nitrogens with one attached hydrogen (secondary N) is 1.